The largest absolute Gasteiger partial charge is 0.412 e. The summed E-state index contributed by atoms with van der Waals surface area (Å²) in [5.41, 5.74) is 4.50. The van der Waals surface area contributed by atoms with Gasteiger partial charge < -0.3 is 71.4 Å². The van der Waals surface area contributed by atoms with Gasteiger partial charge in [-0.15, -0.1) is 0 Å². The molecule has 0 spiro atoms. The molecule has 17 nitrogen and oxygen atoms in total. The Bertz CT molecular complexity index is 106. The van der Waals surface area contributed by atoms with Gasteiger partial charge in [0.1, 0.15) is 0 Å². The fourth-order valence-corrected chi connectivity index (χ4v) is 0. The average Bonchev–Trinajstić information content (AvgIpc) is 1.36. The van der Waals surface area contributed by atoms with Gasteiger partial charge in [-0.3, -0.25) is 9.11 Å². The zero-order valence-corrected chi connectivity index (χ0v) is 10.5. The summed E-state index contributed by atoms with van der Waals surface area (Å²) in [6, 6.07) is 0. The minimum absolute atomic E-state index is 0. The summed E-state index contributed by atoms with van der Waals surface area (Å²) in [4.78, 5) is 0. The second kappa shape index (κ2) is 174. The summed E-state index contributed by atoms with van der Waals surface area (Å²) in [5, 5.41) is 0. The highest BCUT2D eigenvalue weighted by Gasteiger charge is 1.84. The molecule has 0 radical (unpaired) electrons. The zero-order chi connectivity index (χ0) is 6.50. The van der Waals surface area contributed by atoms with Gasteiger partial charge >= 0.3 is 10.4 Å². The van der Waals surface area contributed by atoms with E-state index in [0.717, 1.165) is 0 Å². The second-order valence-electron chi connectivity index (χ2n) is 0.448. The van der Waals surface area contributed by atoms with Crippen molar-refractivity contribution in [2.24, 2.45) is 5.73 Å². The first-order valence-electron chi connectivity index (χ1n) is 1.28. The van der Waals surface area contributed by atoms with Crippen LogP contribution < -0.4 is 5.73 Å². The van der Waals surface area contributed by atoms with Crippen molar-refractivity contribution in [1.29, 1.82) is 0 Å². The lowest BCUT2D eigenvalue weighted by atomic mass is 11.6. The lowest BCUT2D eigenvalue weighted by Crippen LogP contribution is -1.89. The van der Waals surface area contributed by atoms with E-state index >= 15 is 0 Å². The molecule has 0 rings (SSSR count). The van der Waals surface area contributed by atoms with Crippen LogP contribution in [0.1, 0.15) is 0 Å². The van der Waals surface area contributed by atoms with Crippen molar-refractivity contribution in [2.45, 2.75) is 0 Å². The van der Waals surface area contributed by atoms with E-state index in [9.17, 15) is 0 Å². The topological polar surface area (TPSA) is 479 Å². The summed E-state index contributed by atoms with van der Waals surface area (Å²) in [5.74, 6) is 0. The van der Waals surface area contributed by atoms with Crippen LogP contribution in [0.3, 0.4) is 0 Å². The monoisotopic (exact) mass is 375 g/mol. The Balaban J connectivity index is -0.00000000124. The third-order valence-corrected chi connectivity index (χ3v) is 0. The standard InChI is InChI=1S/CH5N.Al.H2O4S.12H2O.3H/c1-2;;1-5(2,3)4;;;;;;;;;;;;;;;/h2H2,1H3;;(H2,1,2,3,4);12*1H2;;;. The summed E-state index contributed by atoms with van der Waals surface area (Å²) in [6.07, 6.45) is 0. The Labute approximate surface area is 124 Å². The highest BCUT2D eigenvalue weighted by atomic mass is 32.3. The maximum Gasteiger partial charge on any atom is 0.394 e. The molecule has 0 amide bonds. The molecule has 0 saturated carbocycles. The van der Waals surface area contributed by atoms with Gasteiger partial charge in [0.05, 0.1) is 0 Å². The van der Waals surface area contributed by atoms with Gasteiger partial charge in [0.15, 0.2) is 17.4 Å². The van der Waals surface area contributed by atoms with Crippen LogP contribution in [-0.2, 0) is 10.4 Å². The fourth-order valence-electron chi connectivity index (χ4n) is 0. The third kappa shape index (κ3) is 369000. The van der Waals surface area contributed by atoms with E-state index in [1.807, 2.05) is 0 Å². The van der Waals surface area contributed by atoms with Crippen molar-refractivity contribution in [3.05, 3.63) is 0 Å². The predicted molar refractivity (Wildman–Crippen MR) is 77.6 cm³/mol. The first kappa shape index (κ1) is 297. The molecule has 0 aromatic heterocycles. The molecule has 28 N–H and O–H groups in total. The number of nitrogens with two attached hydrogens (primary N) is 1. The molecule has 0 saturated heterocycles. The Morgan fingerprint density at radius 2 is 0.550 bits per heavy atom. The lowest BCUT2D eigenvalue weighted by molar-refractivity contribution is 0.381. The normalized spacial score (nSPS) is 3.20. The first-order chi connectivity index (χ1) is 3.00. The van der Waals surface area contributed by atoms with Crippen LogP contribution in [0.5, 0.6) is 0 Å². The second-order valence-corrected chi connectivity index (χ2v) is 1.34. The van der Waals surface area contributed by atoms with E-state index < -0.39 is 10.4 Å². The molecule has 0 bridgehead atoms. The molecule has 0 aromatic carbocycles. The Hall–Kier alpha value is -0.118. The Morgan fingerprint density at radius 3 is 0.550 bits per heavy atom. The van der Waals surface area contributed by atoms with Gasteiger partial charge in [0.2, 0.25) is 0 Å². The van der Waals surface area contributed by atoms with Crippen LogP contribution in [0, 0.1) is 0 Å². The van der Waals surface area contributed by atoms with Crippen molar-refractivity contribution in [1.82, 2.24) is 0 Å². The van der Waals surface area contributed by atoms with Crippen molar-refractivity contribution >= 4 is 27.8 Å². The highest BCUT2D eigenvalue weighted by Crippen LogP contribution is 1.59. The number of hydrogen-bond acceptors (Lipinski definition) is 3. The first-order valence-corrected chi connectivity index (χ1v) is 2.67. The average molecular weight is 375 g/mol. The van der Waals surface area contributed by atoms with Gasteiger partial charge in [0, 0.05) is 0 Å². The predicted octanol–water partition coefficient (Wildman–Crippen LogP) is -12.2. The van der Waals surface area contributed by atoms with Gasteiger partial charge in [-0.2, -0.15) is 8.42 Å². The molecule has 0 atom stereocenters. The quantitative estimate of drug-likeness (QED) is 0.273. The van der Waals surface area contributed by atoms with E-state index in [1.165, 1.54) is 7.05 Å². The SMILES string of the molecule is CN.O.O.O.O.O.O.O.O.O.O.O.O.O=S(=O)(O)O.[AlH3]. The van der Waals surface area contributed by atoms with E-state index in [2.05, 4.69) is 5.73 Å². The zero-order valence-electron chi connectivity index (χ0n) is 9.70. The molecule has 0 fully saturated rings. The maximum absolute atomic E-state index is 8.74. The molecule has 0 aliphatic heterocycles. The molecule has 0 aliphatic carbocycles. The van der Waals surface area contributed by atoms with Crippen LogP contribution >= 0.6 is 0 Å². The van der Waals surface area contributed by atoms with E-state index in [1.54, 1.807) is 0 Å². The smallest absolute Gasteiger partial charge is 0.394 e. The number of rotatable bonds is 0. The van der Waals surface area contributed by atoms with Crippen LogP contribution in [-0.4, -0.2) is 108 Å². The maximum atomic E-state index is 8.74. The van der Waals surface area contributed by atoms with Crippen LogP contribution in [0.4, 0.5) is 0 Å². The molecule has 0 aromatic rings. The summed E-state index contributed by atoms with van der Waals surface area (Å²) < 4.78 is 31.6. The third-order valence-electron chi connectivity index (χ3n) is 0. The summed E-state index contributed by atoms with van der Waals surface area (Å²) in [7, 11) is -3.17. The minimum Gasteiger partial charge on any atom is -0.412 e. The van der Waals surface area contributed by atoms with Crippen molar-refractivity contribution in [2.75, 3.05) is 7.05 Å². The van der Waals surface area contributed by atoms with E-state index in [4.69, 9.17) is 17.5 Å². The number of hydrogen-bond donors (Lipinski definition) is 3. The van der Waals surface area contributed by atoms with E-state index in [0.29, 0.717) is 0 Å². The summed E-state index contributed by atoms with van der Waals surface area (Å²) >= 11 is 0. The fraction of sp³-hybridized carbons (Fsp3) is 1.00. The molecular formula is CH34AlNO16S. The Kier molecular flexibility index (Phi) is 2590. The van der Waals surface area contributed by atoms with Crippen LogP contribution in [0.2, 0.25) is 0 Å². The minimum atomic E-state index is -4.67. The van der Waals surface area contributed by atoms with Gasteiger partial charge in [-0.05, 0) is 7.05 Å². The van der Waals surface area contributed by atoms with E-state index in [-0.39, 0.29) is 83.1 Å². The molecule has 0 heterocycles. The molecular weight excluding hydrogens is 341 g/mol. The summed E-state index contributed by atoms with van der Waals surface area (Å²) in [6.45, 7) is 0. The van der Waals surface area contributed by atoms with Crippen molar-refractivity contribution < 1.29 is 83.2 Å². The molecule has 0 aliphatic rings. The molecule has 19 heteroatoms. The van der Waals surface area contributed by atoms with Crippen molar-refractivity contribution in [3.63, 3.8) is 0 Å². The van der Waals surface area contributed by atoms with Gasteiger partial charge in [-0.1, -0.05) is 0 Å². The van der Waals surface area contributed by atoms with Gasteiger partial charge in [-0.25, -0.2) is 0 Å². The van der Waals surface area contributed by atoms with Crippen molar-refractivity contribution in [3.8, 4) is 0 Å². The molecule has 20 heavy (non-hydrogen) atoms. The van der Waals surface area contributed by atoms with Crippen LogP contribution in [0.25, 0.3) is 0 Å². The highest BCUT2D eigenvalue weighted by molar-refractivity contribution is 7.79. The van der Waals surface area contributed by atoms with Crippen LogP contribution in [0.15, 0.2) is 0 Å². The lowest BCUT2D eigenvalue weighted by Gasteiger charge is -1.68. The Morgan fingerprint density at radius 1 is 0.550 bits per heavy atom. The molecule has 0 unspecified atom stereocenters. The molecule has 148 valence electrons. The van der Waals surface area contributed by atoms with Gasteiger partial charge in [0.25, 0.3) is 0 Å².